The first kappa shape index (κ1) is 21.4. The summed E-state index contributed by atoms with van der Waals surface area (Å²) in [5.41, 5.74) is 2.01. The molecule has 172 valence electrons. The van der Waals surface area contributed by atoms with Gasteiger partial charge in [0.1, 0.15) is 11.5 Å². The number of aromatic amines is 1. The molecule has 3 heterocycles. The summed E-state index contributed by atoms with van der Waals surface area (Å²) in [6.45, 7) is 2.59. The van der Waals surface area contributed by atoms with Crippen molar-refractivity contribution in [1.29, 1.82) is 0 Å². The van der Waals surface area contributed by atoms with E-state index in [0.717, 1.165) is 31.2 Å². The Morgan fingerprint density at radius 1 is 1.24 bits per heavy atom. The van der Waals surface area contributed by atoms with Gasteiger partial charge in [-0.1, -0.05) is 12.5 Å². The first-order chi connectivity index (χ1) is 15.8. The molecule has 1 aromatic heterocycles. The van der Waals surface area contributed by atoms with Crippen LogP contribution in [0.15, 0.2) is 29.1 Å². The summed E-state index contributed by atoms with van der Waals surface area (Å²) in [5, 5.41) is 5.74. The van der Waals surface area contributed by atoms with Gasteiger partial charge in [-0.2, -0.15) is 0 Å². The molecular formula is C24H27N5O4. The number of rotatable bonds is 4. The number of likely N-dealkylation sites (tertiary alicyclic amines) is 1. The van der Waals surface area contributed by atoms with Crippen molar-refractivity contribution in [3.05, 3.63) is 57.3 Å². The second-order valence-corrected chi connectivity index (χ2v) is 9.45. The quantitative estimate of drug-likeness (QED) is 0.656. The fourth-order valence-corrected chi connectivity index (χ4v) is 5.40. The highest BCUT2D eigenvalue weighted by Crippen LogP contribution is 2.50. The van der Waals surface area contributed by atoms with E-state index in [4.69, 9.17) is 0 Å². The van der Waals surface area contributed by atoms with E-state index >= 15 is 0 Å². The van der Waals surface area contributed by atoms with Gasteiger partial charge in [0.2, 0.25) is 5.91 Å². The molecule has 9 nitrogen and oxygen atoms in total. The minimum absolute atomic E-state index is 0.0362. The van der Waals surface area contributed by atoms with E-state index in [2.05, 4.69) is 20.6 Å². The topological polar surface area (TPSA) is 124 Å². The lowest BCUT2D eigenvalue weighted by Crippen LogP contribution is -2.44. The van der Waals surface area contributed by atoms with Gasteiger partial charge in [-0.15, -0.1) is 0 Å². The van der Waals surface area contributed by atoms with Gasteiger partial charge >= 0.3 is 0 Å². The Morgan fingerprint density at radius 2 is 2.06 bits per heavy atom. The van der Waals surface area contributed by atoms with Crippen LogP contribution in [0.1, 0.15) is 64.3 Å². The molecule has 1 aromatic carbocycles. The number of fused-ring (bicyclic) bond motifs is 1. The molecule has 2 aliphatic heterocycles. The van der Waals surface area contributed by atoms with Crippen molar-refractivity contribution in [2.24, 2.45) is 5.41 Å². The standard InChI is InChI=1S/C24H27N5O4/c1-14-26-19(10-21(31)27-14)22(32)25-12-15-11-24(8-3-9-24)13-29(15)23(33)17-4-2-5-18-16(17)6-7-20(30)28-18/h2,4-5,10,15H,3,6-9,11-13H2,1H3,(H,25,32)(H,28,30)(H,26,27,31). The van der Waals surface area contributed by atoms with Crippen molar-refractivity contribution in [2.75, 3.05) is 18.4 Å². The third-order valence-electron chi connectivity index (χ3n) is 7.16. The minimum atomic E-state index is -0.425. The number of amides is 3. The smallest absolute Gasteiger partial charge is 0.270 e. The minimum Gasteiger partial charge on any atom is -0.349 e. The Morgan fingerprint density at radius 3 is 2.79 bits per heavy atom. The summed E-state index contributed by atoms with van der Waals surface area (Å²) in [5.74, 6) is -0.146. The molecule has 3 amide bonds. The molecule has 2 aromatic rings. The Labute approximate surface area is 191 Å². The summed E-state index contributed by atoms with van der Waals surface area (Å²) in [6.07, 6.45) is 5.06. The lowest BCUT2D eigenvalue weighted by atomic mass is 9.67. The van der Waals surface area contributed by atoms with Crippen molar-refractivity contribution in [3.63, 3.8) is 0 Å². The van der Waals surface area contributed by atoms with Gasteiger partial charge in [-0.05, 0) is 55.7 Å². The maximum absolute atomic E-state index is 13.7. The molecule has 3 aliphatic rings. The molecule has 1 unspecified atom stereocenters. The first-order valence-electron chi connectivity index (χ1n) is 11.4. The number of hydrogen-bond donors (Lipinski definition) is 3. The predicted molar refractivity (Wildman–Crippen MR) is 121 cm³/mol. The number of benzene rings is 1. The summed E-state index contributed by atoms with van der Waals surface area (Å²) < 4.78 is 0. The Kier molecular flexibility index (Phi) is 5.26. The second kappa shape index (κ2) is 8.13. The molecule has 1 spiro atoms. The SMILES string of the molecule is Cc1nc(C(=O)NCC2CC3(CCC3)CN2C(=O)c2cccc3c2CCC(=O)N3)cc(=O)[nH]1. The molecular weight excluding hydrogens is 422 g/mol. The van der Waals surface area contributed by atoms with Gasteiger partial charge in [0.25, 0.3) is 17.4 Å². The molecule has 1 aliphatic carbocycles. The zero-order valence-electron chi connectivity index (χ0n) is 18.6. The van der Waals surface area contributed by atoms with Gasteiger partial charge in [0, 0.05) is 42.9 Å². The third-order valence-corrected chi connectivity index (χ3v) is 7.16. The number of aromatic nitrogens is 2. The van der Waals surface area contributed by atoms with Gasteiger partial charge in [0.15, 0.2) is 0 Å². The largest absolute Gasteiger partial charge is 0.349 e. The van der Waals surface area contributed by atoms with Gasteiger partial charge in [0.05, 0.1) is 0 Å². The number of carbonyl (C=O) groups is 3. The fraction of sp³-hybridized carbons (Fsp3) is 0.458. The molecule has 2 fully saturated rings. The van der Waals surface area contributed by atoms with Crippen LogP contribution in [0.5, 0.6) is 0 Å². The van der Waals surface area contributed by atoms with Crippen molar-refractivity contribution >= 4 is 23.4 Å². The highest BCUT2D eigenvalue weighted by molar-refractivity contribution is 6.01. The Hall–Kier alpha value is -3.49. The molecule has 0 radical (unpaired) electrons. The Bertz CT molecular complexity index is 1200. The highest BCUT2D eigenvalue weighted by atomic mass is 16.2. The zero-order chi connectivity index (χ0) is 23.2. The van der Waals surface area contributed by atoms with Crippen LogP contribution < -0.4 is 16.2 Å². The number of hydrogen-bond acceptors (Lipinski definition) is 5. The number of H-pyrrole nitrogens is 1. The zero-order valence-corrected chi connectivity index (χ0v) is 18.6. The number of carbonyl (C=O) groups excluding carboxylic acids is 3. The molecule has 9 heteroatoms. The molecule has 5 rings (SSSR count). The molecule has 1 saturated heterocycles. The van der Waals surface area contributed by atoms with E-state index in [1.165, 1.54) is 6.07 Å². The van der Waals surface area contributed by atoms with Crippen molar-refractivity contribution in [2.45, 2.75) is 51.5 Å². The highest BCUT2D eigenvalue weighted by Gasteiger charge is 2.49. The van der Waals surface area contributed by atoms with Gasteiger partial charge < -0.3 is 20.5 Å². The Balaban J connectivity index is 1.36. The van der Waals surface area contributed by atoms with Crippen molar-refractivity contribution < 1.29 is 14.4 Å². The summed E-state index contributed by atoms with van der Waals surface area (Å²) in [7, 11) is 0. The average Bonchev–Trinajstić information content (AvgIpc) is 3.16. The van der Waals surface area contributed by atoms with Crippen LogP contribution >= 0.6 is 0 Å². The molecule has 1 saturated carbocycles. The lowest BCUT2D eigenvalue weighted by Gasteiger charge is -2.38. The monoisotopic (exact) mass is 449 g/mol. The van der Waals surface area contributed by atoms with E-state index in [-0.39, 0.29) is 34.5 Å². The van der Waals surface area contributed by atoms with Crippen LogP contribution in [0.2, 0.25) is 0 Å². The average molecular weight is 450 g/mol. The van der Waals surface area contributed by atoms with Crippen molar-refractivity contribution in [1.82, 2.24) is 20.2 Å². The van der Waals surface area contributed by atoms with Crippen LogP contribution in [-0.4, -0.2) is 51.7 Å². The summed E-state index contributed by atoms with van der Waals surface area (Å²) >= 11 is 0. The summed E-state index contributed by atoms with van der Waals surface area (Å²) in [6, 6.07) is 6.49. The molecule has 3 N–H and O–H groups in total. The fourth-order valence-electron chi connectivity index (χ4n) is 5.40. The van der Waals surface area contributed by atoms with E-state index in [9.17, 15) is 19.2 Å². The third kappa shape index (κ3) is 4.03. The molecule has 33 heavy (non-hydrogen) atoms. The van der Waals surface area contributed by atoms with Crippen LogP contribution in [0.25, 0.3) is 0 Å². The number of anilines is 1. The van der Waals surface area contributed by atoms with Gasteiger partial charge in [-0.25, -0.2) is 4.98 Å². The molecule has 1 atom stereocenters. The van der Waals surface area contributed by atoms with E-state index in [1.807, 2.05) is 17.0 Å². The van der Waals surface area contributed by atoms with E-state index < -0.39 is 5.91 Å². The van der Waals surface area contributed by atoms with Crippen LogP contribution in [0.4, 0.5) is 5.69 Å². The van der Waals surface area contributed by atoms with Crippen LogP contribution in [0, 0.1) is 12.3 Å². The van der Waals surface area contributed by atoms with Crippen LogP contribution in [-0.2, 0) is 11.2 Å². The van der Waals surface area contributed by atoms with Crippen molar-refractivity contribution in [3.8, 4) is 0 Å². The first-order valence-corrected chi connectivity index (χ1v) is 11.4. The van der Waals surface area contributed by atoms with Gasteiger partial charge in [-0.3, -0.25) is 19.2 Å². The maximum atomic E-state index is 13.7. The molecule has 0 bridgehead atoms. The number of aryl methyl sites for hydroxylation is 1. The second-order valence-electron chi connectivity index (χ2n) is 9.45. The summed E-state index contributed by atoms with van der Waals surface area (Å²) in [4.78, 5) is 58.3. The maximum Gasteiger partial charge on any atom is 0.270 e. The van der Waals surface area contributed by atoms with E-state index in [0.29, 0.717) is 43.0 Å². The van der Waals surface area contributed by atoms with Crippen LogP contribution in [0.3, 0.4) is 0 Å². The number of nitrogens with one attached hydrogen (secondary N) is 3. The normalized spacial score (nSPS) is 20.7. The number of nitrogens with zero attached hydrogens (tertiary/aromatic N) is 2. The lowest BCUT2D eigenvalue weighted by molar-refractivity contribution is -0.116. The van der Waals surface area contributed by atoms with E-state index in [1.54, 1.807) is 13.0 Å². The predicted octanol–water partition coefficient (Wildman–Crippen LogP) is 1.78.